The van der Waals surface area contributed by atoms with Crippen molar-refractivity contribution < 1.29 is 9.59 Å². The van der Waals surface area contributed by atoms with E-state index >= 15 is 0 Å². The predicted molar refractivity (Wildman–Crippen MR) is 130 cm³/mol. The Balaban J connectivity index is 1.56. The first-order chi connectivity index (χ1) is 15.4. The van der Waals surface area contributed by atoms with Crippen LogP contribution in [0.25, 0.3) is 0 Å². The van der Waals surface area contributed by atoms with Crippen LogP contribution in [0.1, 0.15) is 56.8 Å². The molecule has 164 valence electrons. The summed E-state index contributed by atoms with van der Waals surface area (Å²) in [4.78, 5) is 26.9. The van der Waals surface area contributed by atoms with Crippen molar-refractivity contribution in [2.24, 2.45) is 0 Å². The summed E-state index contributed by atoms with van der Waals surface area (Å²) >= 11 is 11.6. The van der Waals surface area contributed by atoms with Gasteiger partial charge in [-0.15, -0.1) is 0 Å². The third-order valence-electron chi connectivity index (χ3n) is 5.83. The number of hydrogen-bond donors (Lipinski definition) is 1. The van der Waals surface area contributed by atoms with Crippen LogP contribution in [0, 0.1) is 0 Å². The Kier molecular flexibility index (Phi) is 6.83. The summed E-state index contributed by atoms with van der Waals surface area (Å²) in [5.41, 5.74) is 5.36. The number of carbonyl (C=O) groups is 2. The average molecular weight is 467 g/mol. The van der Waals surface area contributed by atoms with Gasteiger partial charge in [0.1, 0.15) is 0 Å². The number of halogens is 2. The Hall–Kier alpha value is -2.82. The maximum Gasteiger partial charge on any atom is 0.253 e. The van der Waals surface area contributed by atoms with E-state index in [2.05, 4.69) is 16.3 Å². The van der Waals surface area contributed by atoms with E-state index in [1.54, 1.807) is 12.1 Å². The maximum absolute atomic E-state index is 13.3. The van der Waals surface area contributed by atoms with Crippen LogP contribution in [0.3, 0.4) is 0 Å². The standard InChI is InChI=1S/C26H24Cl2N2O2/c1-17(19-9-11-21(12-10-19)25(28)31)29-26(32)23-6-2-4-20-5-3-15-30(24(20)23)16-18-7-13-22(27)14-8-18/h2,4,6-14,17H,3,5,15-16H2,1H3,(H,29,32)/t17-/m0/s1. The Labute approximate surface area is 198 Å². The van der Waals surface area contributed by atoms with Crippen molar-refractivity contribution >= 4 is 40.0 Å². The lowest BCUT2D eigenvalue weighted by atomic mass is 9.96. The van der Waals surface area contributed by atoms with Crippen molar-refractivity contribution in [1.29, 1.82) is 0 Å². The predicted octanol–water partition coefficient (Wildman–Crippen LogP) is 6.16. The fourth-order valence-electron chi connectivity index (χ4n) is 4.15. The van der Waals surface area contributed by atoms with Gasteiger partial charge in [0.15, 0.2) is 0 Å². The van der Waals surface area contributed by atoms with Gasteiger partial charge in [-0.25, -0.2) is 0 Å². The molecule has 4 rings (SSSR count). The van der Waals surface area contributed by atoms with Gasteiger partial charge in [0.25, 0.3) is 11.1 Å². The number of para-hydroxylation sites is 1. The highest BCUT2D eigenvalue weighted by molar-refractivity contribution is 6.67. The molecular weight excluding hydrogens is 443 g/mol. The third-order valence-corrected chi connectivity index (χ3v) is 6.30. The number of nitrogens with zero attached hydrogens (tertiary/aromatic N) is 1. The number of aryl methyl sites for hydroxylation is 1. The molecule has 3 aromatic carbocycles. The molecule has 0 unspecified atom stereocenters. The van der Waals surface area contributed by atoms with Crippen molar-refractivity contribution in [3.8, 4) is 0 Å². The van der Waals surface area contributed by atoms with Gasteiger partial charge in [0.2, 0.25) is 0 Å². The summed E-state index contributed by atoms with van der Waals surface area (Å²) in [6, 6.07) is 20.5. The molecule has 0 aromatic heterocycles. The minimum absolute atomic E-state index is 0.116. The van der Waals surface area contributed by atoms with Crippen molar-refractivity contribution in [2.75, 3.05) is 11.4 Å². The number of benzene rings is 3. The molecule has 0 saturated carbocycles. The third kappa shape index (κ3) is 4.98. The number of rotatable bonds is 6. The molecule has 1 atom stereocenters. The molecule has 1 N–H and O–H groups in total. The zero-order valence-corrected chi connectivity index (χ0v) is 19.3. The number of fused-ring (bicyclic) bond motifs is 1. The maximum atomic E-state index is 13.3. The summed E-state index contributed by atoms with van der Waals surface area (Å²) in [5.74, 6) is -0.116. The van der Waals surface area contributed by atoms with Crippen LogP contribution >= 0.6 is 23.2 Å². The topological polar surface area (TPSA) is 49.4 Å². The van der Waals surface area contributed by atoms with Crippen molar-refractivity contribution in [3.63, 3.8) is 0 Å². The molecule has 0 aliphatic carbocycles. The van der Waals surface area contributed by atoms with Crippen molar-refractivity contribution in [1.82, 2.24) is 5.32 Å². The molecule has 1 aliphatic heterocycles. The van der Waals surface area contributed by atoms with E-state index < -0.39 is 5.24 Å². The molecule has 0 fully saturated rings. The van der Waals surface area contributed by atoms with E-state index in [0.717, 1.165) is 42.7 Å². The van der Waals surface area contributed by atoms with Crippen LogP contribution in [0.15, 0.2) is 66.7 Å². The van der Waals surface area contributed by atoms with Crippen LogP contribution in [0.5, 0.6) is 0 Å². The second-order valence-electron chi connectivity index (χ2n) is 8.06. The minimum atomic E-state index is -0.495. The van der Waals surface area contributed by atoms with Crippen LogP contribution in [0.2, 0.25) is 5.02 Å². The van der Waals surface area contributed by atoms with Crippen molar-refractivity contribution in [2.45, 2.75) is 32.4 Å². The lowest BCUT2D eigenvalue weighted by Crippen LogP contribution is -2.33. The first kappa shape index (κ1) is 22.4. The largest absolute Gasteiger partial charge is 0.366 e. The van der Waals surface area contributed by atoms with Gasteiger partial charge in [-0.05, 0) is 78.4 Å². The minimum Gasteiger partial charge on any atom is -0.366 e. The number of anilines is 1. The first-order valence-corrected chi connectivity index (χ1v) is 11.4. The number of amides is 1. The van der Waals surface area contributed by atoms with Gasteiger partial charge < -0.3 is 10.2 Å². The summed E-state index contributed by atoms with van der Waals surface area (Å²) in [7, 11) is 0. The van der Waals surface area contributed by atoms with Gasteiger partial charge in [0, 0.05) is 23.7 Å². The van der Waals surface area contributed by atoms with E-state index in [9.17, 15) is 9.59 Å². The SMILES string of the molecule is C[C@H](NC(=O)c1cccc2c1N(Cc1ccc(Cl)cc1)CCC2)c1ccc(C(=O)Cl)cc1. The quantitative estimate of drug-likeness (QED) is 0.442. The van der Waals surface area contributed by atoms with Crippen LogP contribution in [-0.2, 0) is 13.0 Å². The number of nitrogens with one attached hydrogen (secondary N) is 1. The first-order valence-electron chi connectivity index (χ1n) is 10.6. The van der Waals surface area contributed by atoms with Crippen LogP contribution in [0.4, 0.5) is 5.69 Å². The van der Waals surface area contributed by atoms with E-state index in [-0.39, 0.29) is 11.9 Å². The summed E-state index contributed by atoms with van der Waals surface area (Å²) in [5, 5.41) is 3.32. The lowest BCUT2D eigenvalue weighted by molar-refractivity contribution is 0.0939. The Bertz CT molecular complexity index is 1130. The van der Waals surface area contributed by atoms with E-state index in [1.165, 1.54) is 5.56 Å². The summed E-state index contributed by atoms with van der Waals surface area (Å²) in [6.45, 7) is 3.54. The summed E-state index contributed by atoms with van der Waals surface area (Å²) in [6.07, 6.45) is 2.00. The fourth-order valence-corrected chi connectivity index (χ4v) is 4.40. The molecule has 1 amide bonds. The zero-order valence-electron chi connectivity index (χ0n) is 17.8. The summed E-state index contributed by atoms with van der Waals surface area (Å²) < 4.78 is 0. The molecule has 0 saturated heterocycles. The molecule has 1 heterocycles. The number of carbonyl (C=O) groups excluding carboxylic acids is 2. The molecule has 0 radical (unpaired) electrons. The molecule has 1 aliphatic rings. The smallest absolute Gasteiger partial charge is 0.253 e. The van der Waals surface area contributed by atoms with Gasteiger partial charge >= 0.3 is 0 Å². The Morgan fingerprint density at radius 1 is 1.03 bits per heavy atom. The molecule has 3 aromatic rings. The van der Waals surface area contributed by atoms with E-state index in [4.69, 9.17) is 23.2 Å². The number of hydrogen-bond acceptors (Lipinski definition) is 3. The highest BCUT2D eigenvalue weighted by Crippen LogP contribution is 2.33. The highest BCUT2D eigenvalue weighted by atomic mass is 35.5. The second-order valence-corrected chi connectivity index (χ2v) is 8.84. The van der Waals surface area contributed by atoms with Crippen molar-refractivity contribution in [3.05, 3.63) is 99.6 Å². The molecule has 0 bridgehead atoms. The van der Waals surface area contributed by atoms with Gasteiger partial charge in [-0.1, -0.05) is 48.0 Å². The molecule has 32 heavy (non-hydrogen) atoms. The van der Waals surface area contributed by atoms with Gasteiger partial charge in [0.05, 0.1) is 17.3 Å². The Morgan fingerprint density at radius 2 is 1.75 bits per heavy atom. The van der Waals surface area contributed by atoms with Crippen LogP contribution < -0.4 is 10.2 Å². The normalized spacial score (nSPS) is 13.9. The molecule has 0 spiro atoms. The zero-order chi connectivity index (χ0) is 22.7. The lowest BCUT2D eigenvalue weighted by Gasteiger charge is -2.33. The average Bonchev–Trinajstić information content (AvgIpc) is 2.80. The van der Waals surface area contributed by atoms with Gasteiger partial charge in [-0.2, -0.15) is 0 Å². The molecule has 4 nitrogen and oxygen atoms in total. The highest BCUT2D eigenvalue weighted by Gasteiger charge is 2.24. The van der Waals surface area contributed by atoms with E-state index in [0.29, 0.717) is 16.1 Å². The monoisotopic (exact) mass is 466 g/mol. The fraction of sp³-hybridized carbons (Fsp3) is 0.231. The van der Waals surface area contributed by atoms with Gasteiger partial charge in [-0.3, -0.25) is 9.59 Å². The second kappa shape index (κ2) is 9.76. The molecular formula is C26H24Cl2N2O2. The van der Waals surface area contributed by atoms with Crippen LogP contribution in [-0.4, -0.2) is 17.7 Å². The Morgan fingerprint density at radius 3 is 2.44 bits per heavy atom. The molecule has 6 heteroatoms. The van der Waals surface area contributed by atoms with E-state index in [1.807, 2.05) is 55.5 Å².